The van der Waals surface area contributed by atoms with Crippen molar-refractivity contribution in [2.75, 3.05) is 0 Å². The first-order valence-electron chi connectivity index (χ1n) is 7.01. The fourth-order valence-corrected chi connectivity index (χ4v) is 2.25. The highest BCUT2D eigenvalue weighted by atomic mass is 16.2. The third-order valence-electron chi connectivity index (χ3n) is 3.33. The summed E-state index contributed by atoms with van der Waals surface area (Å²) in [7, 11) is 0. The summed E-state index contributed by atoms with van der Waals surface area (Å²) in [5.41, 5.74) is 7.85. The van der Waals surface area contributed by atoms with Crippen molar-refractivity contribution in [1.82, 2.24) is 5.43 Å². The van der Waals surface area contributed by atoms with Gasteiger partial charge in [-0.05, 0) is 31.9 Å². The highest BCUT2D eigenvalue weighted by Gasteiger charge is 2.05. The Morgan fingerprint density at radius 3 is 2.48 bits per heavy atom. The number of hydrazone groups is 1. The Bertz CT molecular complexity index is 660. The zero-order valence-electron chi connectivity index (χ0n) is 12.7. The fourth-order valence-electron chi connectivity index (χ4n) is 2.25. The van der Waals surface area contributed by atoms with Crippen molar-refractivity contribution >= 4 is 11.6 Å². The number of carbonyl (C=O) groups excluding carboxylic acids is 1. The van der Waals surface area contributed by atoms with Gasteiger partial charge in [-0.25, -0.2) is 5.43 Å². The standard InChI is InChI=1S/C18H20N2O/c1-13-9-10-17(14(2)11-13)15(3)19-20-18(21)12-16-7-5-4-6-8-16/h4-11H,12H2,1-3H3,(H,20,21)/b19-15-. The first-order chi connectivity index (χ1) is 10.1. The molecule has 0 atom stereocenters. The molecule has 1 amide bonds. The maximum Gasteiger partial charge on any atom is 0.244 e. The Morgan fingerprint density at radius 2 is 1.81 bits per heavy atom. The number of benzene rings is 2. The van der Waals surface area contributed by atoms with Gasteiger partial charge in [0.2, 0.25) is 5.91 Å². The third kappa shape index (κ3) is 4.28. The molecule has 2 aromatic rings. The predicted molar refractivity (Wildman–Crippen MR) is 86.4 cm³/mol. The van der Waals surface area contributed by atoms with Crippen LogP contribution in [-0.2, 0) is 11.2 Å². The average molecular weight is 280 g/mol. The minimum absolute atomic E-state index is 0.106. The summed E-state index contributed by atoms with van der Waals surface area (Å²) in [6, 6.07) is 15.8. The Morgan fingerprint density at radius 1 is 1.10 bits per heavy atom. The van der Waals surface area contributed by atoms with E-state index in [1.165, 1.54) is 5.56 Å². The number of hydrogen-bond donors (Lipinski definition) is 1. The summed E-state index contributed by atoms with van der Waals surface area (Å²) in [4.78, 5) is 11.9. The number of nitrogens with zero attached hydrogens (tertiary/aromatic N) is 1. The Hall–Kier alpha value is -2.42. The second-order valence-electron chi connectivity index (χ2n) is 5.21. The first kappa shape index (κ1) is 15.0. The molecule has 0 aliphatic carbocycles. The summed E-state index contributed by atoms with van der Waals surface area (Å²) in [6.07, 6.45) is 0.338. The average Bonchev–Trinajstić information content (AvgIpc) is 2.46. The molecular weight excluding hydrogens is 260 g/mol. The van der Waals surface area contributed by atoms with Crippen molar-refractivity contribution in [2.45, 2.75) is 27.2 Å². The van der Waals surface area contributed by atoms with E-state index < -0.39 is 0 Å². The van der Waals surface area contributed by atoms with Gasteiger partial charge in [-0.3, -0.25) is 4.79 Å². The summed E-state index contributed by atoms with van der Waals surface area (Å²) < 4.78 is 0. The highest BCUT2D eigenvalue weighted by Crippen LogP contribution is 2.11. The predicted octanol–water partition coefficient (Wildman–Crippen LogP) is 3.39. The Labute approximate surface area is 125 Å². The van der Waals surface area contributed by atoms with Gasteiger partial charge in [0.25, 0.3) is 0 Å². The van der Waals surface area contributed by atoms with Crippen molar-refractivity contribution in [3.05, 3.63) is 70.8 Å². The van der Waals surface area contributed by atoms with Crippen LogP contribution in [0.15, 0.2) is 53.6 Å². The summed E-state index contributed by atoms with van der Waals surface area (Å²) in [5, 5.41) is 4.20. The highest BCUT2D eigenvalue weighted by molar-refractivity contribution is 6.00. The van der Waals surface area contributed by atoms with Crippen molar-refractivity contribution in [1.29, 1.82) is 0 Å². The lowest BCUT2D eigenvalue weighted by molar-refractivity contribution is -0.120. The summed E-state index contributed by atoms with van der Waals surface area (Å²) in [6.45, 7) is 6.01. The number of carbonyl (C=O) groups is 1. The molecule has 1 N–H and O–H groups in total. The molecule has 0 spiro atoms. The van der Waals surface area contributed by atoms with Gasteiger partial charge in [-0.15, -0.1) is 0 Å². The topological polar surface area (TPSA) is 41.5 Å². The zero-order valence-corrected chi connectivity index (χ0v) is 12.7. The number of hydrogen-bond acceptors (Lipinski definition) is 2. The molecule has 0 aliphatic rings. The van der Waals surface area contributed by atoms with Gasteiger partial charge in [0, 0.05) is 5.56 Å². The first-order valence-corrected chi connectivity index (χ1v) is 7.01. The van der Waals surface area contributed by atoms with Crippen molar-refractivity contribution in [3.8, 4) is 0 Å². The summed E-state index contributed by atoms with van der Waals surface area (Å²) in [5.74, 6) is -0.106. The molecule has 3 nitrogen and oxygen atoms in total. The van der Waals surface area contributed by atoms with Gasteiger partial charge >= 0.3 is 0 Å². The van der Waals surface area contributed by atoms with E-state index in [0.29, 0.717) is 6.42 Å². The second kappa shape index (κ2) is 6.84. The SMILES string of the molecule is C/C(=N/NC(=O)Cc1ccccc1)c1ccc(C)cc1C. The van der Waals surface area contributed by atoms with Gasteiger partial charge in [0.15, 0.2) is 0 Å². The lowest BCUT2D eigenvalue weighted by Gasteiger charge is -2.07. The van der Waals surface area contributed by atoms with Gasteiger partial charge in [0.1, 0.15) is 0 Å². The van der Waals surface area contributed by atoms with Gasteiger partial charge in [0.05, 0.1) is 12.1 Å². The smallest absolute Gasteiger partial charge is 0.244 e. The lowest BCUT2D eigenvalue weighted by Crippen LogP contribution is -2.21. The van der Waals surface area contributed by atoms with Crippen LogP contribution in [0.25, 0.3) is 0 Å². The van der Waals surface area contributed by atoms with Crippen LogP contribution in [0.4, 0.5) is 0 Å². The molecule has 2 aromatic carbocycles. The lowest BCUT2D eigenvalue weighted by atomic mass is 10.0. The largest absolute Gasteiger partial charge is 0.273 e. The molecule has 0 bridgehead atoms. The second-order valence-corrected chi connectivity index (χ2v) is 5.21. The Kier molecular flexibility index (Phi) is 4.88. The van der Waals surface area contributed by atoms with Crippen LogP contribution in [0.5, 0.6) is 0 Å². The monoisotopic (exact) mass is 280 g/mol. The number of nitrogens with one attached hydrogen (secondary N) is 1. The van der Waals surface area contributed by atoms with Gasteiger partial charge in [-0.2, -0.15) is 5.10 Å². The van der Waals surface area contributed by atoms with E-state index in [1.54, 1.807) is 0 Å². The van der Waals surface area contributed by atoms with E-state index in [2.05, 4.69) is 23.5 Å². The molecule has 0 unspecified atom stereocenters. The zero-order chi connectivity index (χ0) is 15.2. The molecule has 0 radical (unpaired) electrons. The van der Waals surface area contributed by atoms with Crippen LogP contribution in [0.3, 0.4) is 0 Å². The third-order valence-corrected chi connectivity index (χ3v) is 3.33. The van der Waals surface area contributed by atoms with E-state index in [0.717, 1.165) is 22.4 Å². The molecule has 3 heteroatoms. The molecule has 0 aromatic heterocycles. The van der Waals surface area contributed by atoms with Gasteiger partial charge < -0.3 is 0 Å². The van der Waals surface area contributed by atoms with E-state index in [-0.39, 0.29) is 5.91 Å². The van der Waals surface area contributed by atoms with Crippen LogP contribution in [0, 0.1) is 13.8 Å². The molecule has 0 aliphatic heterocycles. The quantitative estimate of drug-likeness (QED) is 0.677. The number of rotatable bonds is 4. The molecule has 0 saturated carbocycles. The van der Waals surface area contributed by atoms with Crippen molar-refractivity contribution in [3.63, 3.8) is 0 Å². The van der Waals surface area contributed by atoms with Crippen molar-refractivity contribution < 1.29 is 4.79 Å². The normalized spacial score (nSPS) is 11.3. The summed E-state index contributed by atoms with van der Waals surface area (Å²) >= 11 is 0. The molecule has 0 fully saturated rings. The van der Waals surface area contributed by atoms with Crippen LogP contribution in [0.1, 0.15) is 29.2 Å². The van der Waals surface area contributed by atoms with E-state index in [4.69, 9.17) is 0 Å². The molecule has 21 heavy (non-hydrogen) atoms. The minimum Gasteiger partial charge on any atom is -0.273 e. The maximum absolute atomic E-state index is 11.9. The van der Waals surface area contributed by atoms with Crippen LogP contribution in [-0.4, -0.2) is 11.6 Å². The number of aryl methyl sites for hydroxylation is 2. The van der Waals surface area contributed by atoms with E-state index >= 15 is 0 Å². The molecule has 0 heterocycles. The fraction of sp³-hybridized carbons (Fsp3) is 0.222. The molecule has 108 valence electrons. The van der Waals surface area contributed by atoms with E-state index in [1.807, 2.05) is 56.3 Å². The molecule has 2 rings (SSSR count). The van der Waals surface area contributed by atoms with E-state index in [9.17, 15) is 4.79 Å². The Balaban J connectivity index is 2.01. The minimum atomic E-state index is -0.106. The number of amides is 1. The van der Waals surface area contributed by atoms with Crippen LogP contribution in [0.2, 0.25) is 0 Å². The van der Waals surface area contributed by atoms with Crippen molar-refractivity contribution in [2.24, 2.45) is 5.10 Å². The van der Waals surface area contributed by atoms with Crippen LogP contribution >= 0.6 is 0 Å². The van der Waals surface area contributed by atoms with Crippen LogP contribution < -0.4 is 5.43 Å². The molecule has 0 saturated heterocycles. The van der Waals surface area contributed by atoms with Gasteiger partial charge in [-0.1, -0.05) is 54.1 Å². The maximum atomic E-state index is 11.9. The molecular formula is C18H20N2O.